The SMILES string of the molecule is COc1ccc(NS(=O)(=O)c2cccnc2)cc1OC. The Morgan fingerprint density at radius 3 is 2.45 bits per heavy atom. The van der Waals surface area contributed by atoms with E-state index in [9.17, 15) is 8.42 Å². The van der Waals surface area contributed by atoms with E-state index in [1.807, 2.05) is 0 Å². The van der Waals surface area contributed by atoms with Gasteiger partial charge in [-0.05, 0) is 24.3 Å². The van der Waals surface area contributed by atoms with Crippen molar-refractivity contribution in [2.24, 2.45) is 0 Å². The molecule has 7 heteroatoms. The van der Waals surface area contributed by atoms with Crippen molar-refractivity contribution in [2.75, 3.05) is 18.9 Å². The van der Waals surface area contributed by atoms with Gasteiger partial charge in [0.1, 0.15) is 4.90 Å². The number of hydrogen-bond acceptors (Lipinski definition) is 5. The van der Waals surface area contributed by atoms with Gasteiger partial charge in [0.25, 0.3) is 10.0 Å². The Morgan fingerprint density at radius 2 is 1.85 bits per heavy atom. The summed E-state index contributed by atoms with van der Waals surface area (Å²) in [5.41, 5.74) is 0.381. The molecule has 0 atom stereocenters. The maximum Gasteiger partial charge on any atom is 0.263 e. The zero-order chi connectivity index (χ0) is 14.6. The van der Waals surface area contributed by atoms with Crippen LogP contribution in [0.5, 0.6) is 11.5 Å². The van der Waals surface area contributed by atoms with Gasteiger partial charge in [-0.1, -0.05) is 0 Å². The van der Waals surface area contributed by atoms with Crippen LogP contribution in [0.3, 0.4) is 0 Å². The number of pyridine rings is 1. The Bertz CT molecular complexity index is 687. The van der Waals surface area contributed by atoms with Gasteiger partial charge in [-0.2, -0.15) is 0 Å². The number of nitrogens with zero attached hydrogens (tertiary/aromatic N) is 1. The van der Waals surface area contributed by atoms with Gasteiger partial charge in [0.2, 0.25) is 0 Å². The number of methoxy groups -OCH3 is 2. The molecule has 0 aliphatic carbocycles. The predicted octanol–water partition coefficient (Wildman–Crippen LogP) is 1.90. The fourth-order valence-electron chi connectivity index (χ4n) is 1.62. The molecule has 1 aromatic carbocycles. The molecule has 0 unspecified atom stereocenters. The van der Waals surface area contributed by atoms with Crippen molar-refractivity contribution in [1.82, 2.24) is 4.98 Å². The molecule has 2 aromatic rings. The van der Waals surface area contributed by atoms with E-state index in [-0.39, 0.29) is 4.90 Å². The Kier molecular flexibility index (Phi) is 4.09. The number of ether oxygens (including phenoxy) is 2. The van der Waals surface area contributed by atoms with Gasteiger partial charge in [0, 0.05) is 18.5 Å². The van der Waals surface area contributed by atoms with E-state index in [0.29, 0.717) is 17.2 Å². The average Bonchev–Trinajstić information content (AvgIpc) is 2.47. The summed E-state index contributed by atoms with van der Waals surface area (Å²) in [4.78, 5) is 3.88. The number of benzene rings is 1. The van der Waals surface area contributed by atoms with Crippen molar-refractivity contribution in [3.8, 4) is 11.5 Å². The summed E-state index contributed by atoms with van der Waals surface area (Å²) in [6.45, 7) is 0. The van der Waals surface area contributed by atoms with Gasteiger partial charge in [-0.15, -0.1) is 0 Å². The second-order valence-corrected chi connectivity index (χ2v) is 5.55. The highest BCUT2D eigenvalue weighted by atomic mass is 32.2. The molecule has 0 saturated heterocycles. The van der Waals surface area contributed by atoms with Crippen LogP contribution in [0.25, 0.3) is 0 Å². The van der Waals surface area contributed by atoms with E-state index in [4.69, 9.17) is 9.47 Å². The Balaban J connectivity index is 2.30. The normalized spacial score (nSPS) is 10.9. The zero-order valence-electron chi connectivity index (χ0n) is 11.0. The van der Waals surface area contributed by atoms with E-state index in [0.717, 1.165) is 0 Å². The number of hydrogen-bond donors (Lipinski definition) is 1. The first-order chi connectivity index (χ1) is 9.56. The molecule has 20 heavy (non-hydrogen) atoms. The maximum absolute atomic E-state index is 12.1. The van der Waals surface area contributed by atoms with Crippen LogP contribution in [0.15, 0.2) is 47.6 Å². The van der Waals surface area contributed by atoms with E-state index < -0.39 is 10.0 Å². The Labute approximate surface area is 117 Å². The fraction of sp³-hybridized carbons (Fsp3) is 0.154. The molecule has 6 nitrogen and oxygen atoms in total. The zero-order valence-corrected chi connectivity index (χ0v) is 11.8. The summed E-state index contributed by atoms with van der Waals surface area (Å²) in [7, 11) is -0.672. The molecular formula is C13H14N2O4S. The standard InChI is InChI=1S/C13H14N2O4S/c1-18-12-6-5-10(8-13(12)19-2)15-20(16,17)11-4-3-7-14-9-11/h3-9,15H,1-2H3. The summed E-state index contributed by atoms with van der Waals surface area (Å²) in [5, 5.41) is 0. The number of anilines is 1. The third kappa shape index (κ3) is 3.00. The smallest absolute Gasteiger partial charge is 0.263 e. The largest absolute Gasteiger partial charge is 0.493 e. The molecule has 106 valence electrons. The molecule has 0 saturated carbocycles. The van der Waals surface area contributed by atoms with Gasteiger partial charge < -0.3 is 9.47 Å². The second-order valence-electron chi connectivity index (χ2n) is 3.86. The van der Waals surface area contributed by atoms with E-state index in [2.05, 4.69) is 9.71 Å². The van der Waals surface area contributed by atoms with Crippen LogP contribution in [-0.2, 0) is 10.0 Å². The lowest BCUT2D eigenvalue weighted by atomic mass is 10.3. The highest BCUT2D eigenvalue weighted by molar-refractivity contribution is 7.92. The van der Waals surface area contributed by atoms with Crippen molar-refractivity contribution in [3.05, 3.63) is 42.7 Å². The van der Waals surface area contributed by atoms with Crippen molar-refractivity contribution in [1.29, 1.82) is 0 Å². The number of nitrogens with one attached hydrogen (secondary N) is 1. The van der Waals surface area contributed by atoms with E-state index >= 15 is 0 Å². The highest BCUT2D eigenvalue weighted by Gasteiger charge is 2.15. The molecule has 0 radical (unpaired) electrons. The minimum Gasteiger partial charge on any atom is -0.493 e. The average molecular weight is 294 g/mol. The molecule has 0 spiro atoms. The lowest BCUT2D eigenvalue weighted by molar-refractivity contribution is 0.355. The molecule has 1 aromatic heterocycles. The summed E-state index contributed by atoms with van der Waals surface area (Å²) in [5.74, 6) is 0.968. The fourth-order valence-corrected chi connectivity index (χ4v) is 2.63. The third-order valence-electron chi connectivity index (χ3n) is 2.58. The first-order valence-corrected chi connectivity index (χ1v) is 7.20. The van der Waals surface area contributed by atoms with Crippen LogP contribution < -0.4 is 14.2 Å². The van der Waals surface area contributed by atoms with Crippen LogP contribution in [0.1, 0.15) is 0 Å². The van der Waals surface area contributed by atoms with Gasteiger partial charge >= 0.3 is 0 Å². The number of rotatable bonds is 5. The monoisotopic (exact) mass is 294 g/mol. The minimum absolute atomic E-state index is 0.0924. The van der Waals surface area contributed by atoms with E-state index in [1.165, 1.54) is 32.7 Å². The van der Waals surface area contributed by atoms with Crippen molar-refractivity contribution >= 4 is 15.7 Å². The molecule has 0 bridgehead atoms. The van der Waals surface area contributed by atoms with Crippen LogP contribution >= 0.6 is 0 Å². The summed E-state index contributed by atoms with van der Waals surface area (Å²) in [6.07, 6.45) is 2.79. The van der Waals surface area contributed by atoms with Gasteiger partial charge in [-0.3, -0.25) is 9.71 Å². The maximum atomic E-state index is 12.1. The lowest BCUT2D eigenvalue weighted by Crippen LogP contribution is -2.13. The first kappa shape index (κ1) is 14.1. The number of sulfonamides is 1. The second kappa shape index (κ2) is 5.79. The molecule has 1 N–H and O–H groups in total. The minimum atomic E-state index is -3.67. The predicted molar refractivity (Wildman–Crippen MR) is 74.6 cm³/mol. The molecular weight excluding hydrogens is 280 g/mol. The topological polar surface area (TPSA) is 77.5 Å². The quantitative estimate of drug-likeness (QED) is 0.911. The molecule has 1 heterocycles. The first-order valence-electron chi connectivity index (χ1n) is 5.71. The van der Waals surface area contributed by atoms with Crippen molar-refractivity contribution in [3.63, 3.8) is 0 Å². The number of aromatic nitrogens is 1. The van der Waals surface area contributed by atoms with Crippen LogP contribution in [-0.4, -0.2) is 27.6 Å². The summed E-state index contributed by atoms with van der Waals surface area (Å²) >= 11 is 0. The van der Waals surface area contributed by atoms with Gasteiger partial charge in [0.05, 0.1) is 19.9 Å². The van der Waals surface area contributed by atoms with Gasteiger partial charge in [0.15, 0.2) is 11.5 Å². The van der Waals surface area contributed by atoms with Crippen molar-refractivity contribution < 1.29 is 17.9 Å². The summed E-state index contributed by atoms with van der Waals surface area (Å²) < 4.78 is 36.9. The van der Waals surface area contributed by atoms with Crippen LogP contribution in [0.2, 0.25) is 0 Å². The molecule has 0 aliphatic rings. The summed E-state index contributed by atoms with van der Waals surface area (Å²) in [6, 6.07) is 7.79. The lowest BCUT2D eigenvalue weighted by Gasteiger charge is -2.11. The van der Waals surface area contributed by atoms with E-state index in [1.54, 1.807) is 24.3 Å². The van der Waals surface area contributed by atoms with Crippen molar-refractivity contribution in [2.45, 2.75) is 4.90 Å². The molecule has 0 fully saturated rings. The molecule has 2 rings (SSSR count). The van der Waals surface area contributed by atoms with Gasteiger partial charge in [-0.25, -0.2) is 8.42 Å². The Hall–Kier alpha value is -2.28. The Morgan fingerprint density at radius 1 is 1.10 bits per heavy atom. The highest BCUT2D eigenvalue weighted by Crippen LogP contribution is 2.30. The van der Waals surface area contributed by atoms with Crippen LogP contribution in [0, 0.1) is 0 Å². The molecule has 0 amide bonds. The third-order valence-corrected chi connectivity index (χ3v) is 3.95. The van der Waals surface area contributed by atoms with Crippen LogP contribution in [0.4, 0.5) is 5.69 Å². The molecule has 0 aliphatic heterocycles.